The Morgan fingerprint density at radius 1 is 1.11 bits per heavy atom. The normalized spacial score (nSPS) is 11.4. The van der Waals surface area contributed by atoms with E-state index in [4.69, 9.17) is 13.9 Å². The fourth-order valence-corrected chi connectivity index (χ4v) is 3.95. The summed E-state index contributed by atoms with van der Waals surface area (Å²) >= 11 is 0. The number of fused-ring (bicyclic) bond motifs is 1. The van der Waals surface area contributed by atoms with Crippen LogP contribution in [-0.2, 0) is 16.4 Å². The van der Waals surface area contributed by atoms with Crippen LogP contribution in [0.2, 0.25) is 0 Å². The molecular weight excluding hydrogens is 477 g/mol. The van der Waals surface area contributed by atoms with E-state index in [-0.39, 0.29) is 40.5 Å². The molecule has 0 saturated heterocycles. The maximum Gasteiger partial charge on any atom is 0.340 e. The molecule has 0 radical (unpaired) electrons. The maximum atomic E-state index is 13.4. The summed E-state index contributed by atoms with van der Waals surface area (Å²) in [5, 5.41) is 13.0. The first-order valence-electron chi connectivity index (χ1n) is 10.4. The van der Waals surface area contributed by atoms with Crippen molar-refractivity contribution in [2.24, 2.45) is 0 Å². The van der Waals surface area contributed by atoms with E-state index in [0.29, 0.717) is 17.0 Å². The van der Waals surface area contributed by atoms with Gasteiger partial charge < -0.3 is 24.3 Å². The summed E-state index contributed by atoms with van der Waals surface area (Å²) in [5.74, 6) is -1.15. The number of methoxy groups -OCH3 is 1. The van der Waals surface area contributed by atoms with Crippen molar-refractivity contribution in [3.8, 4) is 22.8 Å². The number of carboxylic acids is 1. The maximum absolute atomic E-state index is 13.4. The van der Waals surface area contributed by atoms with Crippen molar-refractivity contribution in [1.29, 1.82) is 0 Å². The predicted octanol–water partition coefficient (Wildman–Crippen LogP) is 4.94. The van der Waals surface area contributed by atoms with Crippen LogP contribution >= 0.6 is 0 Å². The highest BCUT2D eigenvalue weighted by Crippen LogP contribution is 2.39. The highest BCUT2D eigenvalue weighted by atomic mass is 32.2. The molecule has 0 aliphatic rings. The molecule has 10 heteroatoms. The molecule has 0 aliphatic carbocycles. The van der Waals surface area contributed by atoms with Gasteiger partial charge >= 0.3 is 5.97 Å². The van der Waals surface area contributed by atoms with Crippen molar-refractivity contribution in [1.82, 2.24) is 0 Å². The largest absolute Gasteiger partial charge is 0.497 e. The number of hydrogen-bond acceptors (Lipinski definition) is 7. The second-order valence-electron chi connectivity index (χ2n) is 7.85. The van der Waals surface area contributed by atoms with Crippen LogP contribution in [0.1, 0.15) is 15.9 Å². The van der Waals surface area contributed by atoms with Crippen molar-refractivity contribution in [2.45, 2.75) is 6.61 Å². The van der Waals surface area contributed by atoms with E-state index in [1.165, 1.54) is 36.4 Å². The number of benzene rings is 3. The van der Waals surface area contributed by atoms with Gasteiger partial charge in [0.2, 0.25) is 0 Å². The number of aromatic carboxylic acids is 1. The molecule has 35 heavy (non-hydrogen) atoms. The molecule has 0 atom stereocenters. The van der Waals surface area contributed by atoms with E-state index in [2.05, 4.69) is 5.32 Å². The van der Waals surface area contributed by atoms with E-state index in [1.54, 1.807) is 25.3 Å². The molecule has 0 aliphatic heterocycles. The van der Waals surface area contributed by atoms with Crippen molar-refractivity contribution < 1.29 is 36.6 Å². The standard InChI is InChI=1S/C25H22FNO7S/c1-32-18-5-3-4-15(10-18)13-33-22-11-19-21(12-20(22)27-14-35(2,30)31)34-24(23(19)25(28)29)16-6-8-17(26)9-7-16/h3-12,27H,13-14H2,1-2H3,(H,28,29). The average molecular weight is 500 g/mol. The lowest BCUT2D eigenvalue weighted by molar-refractivity contribution is 0.0699. The van der Waals surface area contributed by atoms with Gasteiger partial charge in [-0.2, -0.15) is 0 Å². The predicted molar refractivity (Wildman–Crippen MR) is 129 cm³/mol. The molecule has 0 fully saturated rings. The first-order valence-corrected chi connectivity index (χ1v) is 12.5. The minimum absolute atomic E-state index is 0.0477. The van der Waals surface area contributed by atoms with Crippen LogP contribution in [-0.4, -0.2) is 38.7 Å². The lowest BCUT2D eigenvalue weighted by Crippen LogP contribution is -2.13. The Bertz CT molecular complexity index is 1490. The first kappa shape index (κ1) is 24.1. The monoisotopic (exact) mass is 499 g/mol. The number of halogens is 1. The molecule has 2 N–H and O–H groups in total. The van der Waals surface area contributed by atoms with Gasteiger partial charge in [0.1, 0.15) is 46.7 Å². The van der Waals surface area contributed by atoms with Crippen LogP contribution in [0, 0.1) is 5.82 Å². The van der Waals surface area contributed by atoms with Gasteiger partial charge in [-0.05, 0) is 48.0 Å². The number of sulfone groups is 1. The highest BCUT2D eigenvalue weighted by Gasteiger charge is 2.24. The molecule has 0 bridgehead atoms. The average Bonchev–Trinajstić information content (AvgIpc) is 3.19. The molecule has 0 amide bonds. The number of carbonyl (C=O) groups is 1. The SMILES string of the molecule is COc1cccc(COc2cc3c(C(=O)O)c(-c4ccc(F)cc4)oc3cc2NCS(C)(=O)=O)c1. The summed E-state index contributed by atoms with van der Waals surface area (Å²) in [6.07, 6.45) is 1.08. The zero-order chi connectivity index (χ0) is 25.2. The molecule has 0 unspecified atom stereocenters. The van der Waals surface area contributed by atoms with Crippen molar-refractivity contribution in [3.63, 3.8) is 0 Å². The Morgan fingerprint density at radius 3 is 2.51 bits per heavy atom. The van der Waals surface area contributed by atoms with E-state index in [1.807, 2.05) is 6.07 Å². The fraction of sp³-hybridized carbons (Fsp3) is 0.160. The second-order valence-corrected chi connectivity index (χ2v) is 9.99. The summed E-state index contributed by atoms with van der Waals surface area (Å²) < 4.78 is 53.9. The number of hydrogen-bond donors (Lipinski definition) is 2. The molecule has 3 aromatic carbocycles. The number of carboxylic acid groups (broad SMARTS) is 1. The molecule has 4 aromatic rings. The van der Waals surface area contributed by atoms with Crippen LogP contribution in [0.15, 0.2) is 65.1 Å². The molecule has 1 heterocycles. The number of furan rings is 1. The summed E-state index contributed by atoms with van der Waals surface area (Å²) in [7, 11) is -1.83. The van der Waals surface area contributed by atoms with Crippen LogP contribution < -0.4 is 14.8 Å². The van der Waals surface area contributed by atoms with E-state index in [0.717, 1.165) is 11.8 Å². The fourth-order valence-electron chi connectivity index (χ4n) is 3.53. The summed E-state index contributed by atoms with van der Waals surface area (Å²) in [4.78, 5) is 12.2. The van der Waals surface area contributed by atoms with Crippen LogP contribution in [0.5, 0.6) is 11.5 Å². The van der Waals surface area contributed by atoms with Gasteiger partial charge in [0.05, 0.1) is 12.8 Å². The molecule has 4 rings (SSSR count). The molecule has 0 saturated carbocycles. The van der Waals surface area contributed by atoms with Crippen molar-refractivity contribution in [2.75, 3.05) is 24.6 Å². The topological polar surface area (TPSA) is 115 Å². The zero-order valence-electron chi connectivity index (χ0n) is 18.9. The highest BCUT2D eigenvalue weighted by molar-refractivity contribution is 7.90. The van der Waals surface area contributed by atoms with Crippen LogP contribution in [0.4, 0.5) is 10.1 Å². The summed E-state index contributed by atoms with van der Waals surface area (Å²) in [5.41, 5.74) is 1.56. The van der Waals surface area contributed by atoms with Gasteiger partial charge in [-0.15, -0.1) is 0 Å². The lowest BCUT2D eigenvalue weighted by atomic mass is 10.0. The van der Waals surface area contributed by atoms with Gasteiger partial charge in [-0.25, -0.2) is 17.6 Å². The number of rotatable bonds is 9. The van der Waals surface area contributed by atoms with Gasteiger partial charge in [-0.3, -0.25) is 0 Å². The molecule has 0 spiro atoms. The summed E-state index contributed by atoms with van der Waals surface area (Å²) in [6, 6.07) is 15.4. The Kier molecular flexibility index (Phi) is 6.65. The number of nitrogens with one attached hydrogen (secondary N) is 1. The van der Waals surface area contributed by atoms with Gasteiger partial charge in [0.25, 0.3) is 0 Å². The molecule has 1 aromatic heterocycles. The Balaban J connectivity index is 1.80. The zero-order valence-corrected chi connectivity index (χ0v) is 19.7. The second kappa shape index (κ2) is 9.67. The Morgan fingerprint density at radius 2 is 1.86 bits per heavy atom. The number of anilines is 1. The minimum atomic E-state index is -3.38. The molecule has 182 valence electrons. The third-order valence-corrected chi connectivity index (χ3v) is 5.83. The van der Waals surface area contributed by atoms with Gasteiger partial charge in [-0.1, -0.05) is 12.1 Å². The Labute approximate surface area is 200 Å². The minimum Gasteiger partial charge on any atom is -0.497 e. The quantitative estimate of drug-likeness (QED) is 0.333. The molecule has 8 nitrogen and oxygen atoms in total. The van der Waals surface area contributed by atoms with E-state index >= 15 is 0 Å². The van der Waals surface area contributed by atoms with Crippen LogP contribution in [0.3, 0.4) is 0 Å². The van der Waals surface area contributed by atoms with Crippen molar-refractivity contribution >= 4 is 32.5 Å². The summed E-state index contributed by atoms with van der Waals surface area (Å²) in [6.45, 7) is 0.112. The number of ether oxygens (including phenoxy) is 2. The van der Waals surface area contributed by atoms with Gasteiger partial charge in [0, 0.05) is 23.3 Å². The smallest absolute Gasteiger partial charge is 0.340 e. The van der Waals surface area contributed by atoms with Crippen LogP contribution in [0.25, 0.3) is 22.3 Å². The third-order valence-electron chi connectivity index (χ3n) is 5.16. The van der Waals surface area contributed by atoms with Gasteiger partial charge in [0.15, 0.2) is 9.84 Å². The third kappa shape index (κ3) is 5.55. The lowest BCUT2D eigenvalue weighted by Gasteiger charge is -2.14. The van der Waals surface area contributed by atoms with Crippen molar-refractivity contribution in [3.05, 3.63) is 77.6 Å². The van der Waals surface area contributed by atoms with E-state index < -0.39 is 21.6 Å². The first-order chi connectivity index (χ1) is 16.6. The van der Waals surface area contributed by atoms with E-state index in [9.17, 15) is 22.7 Å². The Hall–Kier alpha value is -4.05. The molecular formula is C25H22FNO7S.